The molecule has 0 saturated carbocycles. The minimum absolute atomic E-state index is 0.182. The summed E-state index contributed by atoms with van der Waals surface area (Å²) in [5, 5.41) is 8.84. The molecular weight excluding hydrogens is 199 g/mol. The highest BCUT2D eigenvalue weighted by molar-refractivity contribution is 5.76. The maximum Gasteiger partial charge on any atom is 0.310 e. The van der Waals surface area contributed by atoms with Crippen molar-refractivity contribution in [3.63, 3.8) is 0 Å². The monoisotopic (exact) mass is 212 g/mol. The zero-order valence-electron chi connectivity index (χ0n) is 8.87. The molecule has 0 fully saturated rings. The number of carbonyl (C=O) groups is 1. The van der Waals surface area contributed by atoms with Gasteiger partial charge in [-0.05, 0) is 31.5 Å². The van der Waals surface area contributed by atoms with E-state index >= 15 is 0 Å². The molecule has 0 heterocycles. The molecule has 1 aromatic rings. The van der Waals surface area contributed by atoms with Crippen molar-refractivity contribution >= 4 is 5.97 Å². The first-order valence-electron chi connectivity index (χ1n) is 4.54. The molecule has 1 N–H and O–H groups in total. The zero-order valence-corrected chi connectivity index (χ0v) is 8.87. The minimum Gasteiger partial charge on any atom is -0.496 e. The van der Waals surface area contributed by atoms with E-state index in [1.807, 2.05) is 0 Å². The van der Waals surface area contributed by atoms with E-state index in [1.165, 1.54) is 26.2 Å². The van der Waals surface area contributed by atoms with Crippen molar-refractivity contribution in [3.05, 3.63) is 29.1 Å². The van der Waals surface area contributed by atoms with E-state index in [2.05, 4.69) is 0 Å². The van der Waals surface area contributed by atoms with Crippen molar-refractivity contribution in [2.24, 2.45) is 0 Å². The standard InChI is InChI=1S/C11H13FO3/c1-6-9(15-3)5-4-8(12)10(6)7(2)11(13)14/h4-5,7H,1-3H3,(H,13,14). The van der Waals surface area contributed by atoms with Gasteiger partial charge in [-0.3, -0.25) is 4.79 Å². The van der Waals surface area contributed by atoms with Crippen LogP contribution in [0.5, 0.6) is 5.75 Å². The molecule has 1 unspecified atom stereocenters. The summed E-state index contributed by atoms with van der Waals surface area (Å²) in [6.45, 7) is 3.10. The van der Waals surface area contributed by atoms with Crippen LogP contribution < -0.4 is 4.74 Å². The van der Waals surface area contributed by atoms with E-state index in [0.29, 0.717) is 11.3 Å². The molecule has 0 aliphatic carbocycles. The SMILES string of the molecule is COc1ccc(F)c(C(C)C(=O)O)c1C. The summed E-state index contributed by atoms with van der Waals surface area (Å²) in [4.78, 5) is 10.8. The molecule has 0 radical (unpaired) electrons. The van der Waals surface area contributed by atoms with Gasteiger partial charge in [0.05, 0.1) is 13.0 Å². The molecule has 0 bridgehead atoms. The van der Waals surface area contributed by atoms with Gasteiger partial charge in [0.1, 0.15) is 11.6 Å². The molecule has 1 rings (SSSR count). The molecule has 1 aromatic carbocycles. The van der Waals surface area contributed by atoms with Gasteiger partial charge in [0.2, 0.25) is 0 Å². The first-order valence-corrected chi connectivity index (χ1v) is 4.54. The molecule has 15 heavy (non-hydrogen) atoms. The van der Waals surface area contributed by atoms with Crippen LogP contribution in [0.4, 0.5) is 4.39 Å². The molecule has 0 aliphatic heterocycles. The zero-order chi connectivity index (χ0) is 11.6. The van der Waals surface area contributed by atoms with E-state index in [9.17, 15) is 9.18 Å². The number of rotatable bonds is 3. The van der Waals surface area contributed by atoms with Gasteiger partial charge in [0.25, 0.3) is 0 Å². The summed E-state index contributed by atoms with van der Waals surface area (Å²) >= 11 is 0. The number of ether oxygens (including phenoxy) is 1. The van der Waals surface area contributed by atoms with Gasteiger partial charge in [-0.25, -0.2) is 4.39 Å². The van der Waals surface area contributed by atoms with E-state index in [4.69, 9.17) is 9.84 Å². The number of hydrogen-bond donors (Lipinski definition) is 1. The summed E-state index contributed by atoms with van der Waals surface area (Å²) in [6.07, 6.45) is 0. The third-order valence-corrected chi connectivity index (χ3v) is 2.44. The first-order chi connectivity index (χ1) is 6.99. The van der Waals surface area contributed by atoms with Crippen LogP contribution in [0.2, 0.25) is 0 Å². The predicted octanol–water partition coefficient (Wildman–Crippen LogP) is 2.33. The first kappa shape index (κ1) is 11.5. The molecule has 0 aromatic heterocycles. The van der Waals surface area contributed by atoms with Gasteiger partial charge in [0.15, 0.2) is 0 Å². The summed E-state index contributed by atoms with van der Waals surface area (Å²) in [5.74, 6) is -1.94. The van der Waals surface area contributed by atoms with Gasteiger partial charge >= 0.3 is 5.97 Å². The second-order valence-corrected chi connectivity index (χ2v) is 3.35. The Morgan fingerprint density at radius 2 is 2.13 bits per heavy atom. The number of methoxy groups -OCH3 is 1. The fourth-order valence-electron chi connectivity index (χ4n) is 1.55. The van der Waals surface area contributed by atoms with Gasteiger partial charge in [-0.1, -0.05) is 0 Å². The van der Waals surface area contributed by atoms with Gasteiger partial charge < -0.3 is 9.84 Å². The summed E-state index contributed by atoms with van der Waals surface area (Å²) < 4.78 is 18.5. The molecule has 0 amide bonds. The van der Waals surface area contributed by atoms with Crippen LogP contribution in [-0.4, -0.2) is 18.2 Å². The second-order valence-electron chi connectivity index (χ2n) is 3.35. The van der Waals surface area contributed by atoms with Crippen molar-refractivity contribution in [2.75, 3.05) is 7.11 Å². The molecule has 1 atom stereocenters. The number of halogens is 1. The van der Waals surface area contributed by atoms with Gasteiger partial charge in [-0.15, -0.1) is 0 Å². The largest absolute Gasteiger partial charge is 0.496 e. The fraction of sp³-hybridized carbons (Fsp3) is 0.364. The summed E-state index contributed by atoms with van der Waals surface area (Å²) in [5.41, 5.74) is 0.717. The number of carboxylic acid groups (broad SMARTS) is 1. The number of carboxylic acids is 1. The Labute approximate surface area is 87.5 Å². The lowest BCUT2D eigenvalue weighted by Crippen LogP contribution is -2.11. The Kier molecular flexibility index (Phi) is 3.29. The van der Waals surface area contributed by atoms with Crippen LogP contribution in [0.3, 0.4) is 0 Å². The van der Waals surface area contributed by atoms with Crippen LogP contribution in [0.1, 0.15) is 24.0 Å². The lowest BCUT2D eigenvalue weighted by atomic mass is 9.95. The molecule has 0 spiro atoms. The Bertz CT molecular complexity index is 388. The Morgan fingerprint density at radius 1 is 1.53 bits per heavy atom. The molecule has 0 aliphatic rings. The van der Waals surface area contributed by atoms with Crippen molar-refractivity contribution in [3.8, 4) is 5.75 Å². The molecule has 0 saturated heterocycles. The predicted molar refractivity (Wildman–Crippen MR) is 53.7 cm³/mol. The number of benzene rings is 1. The molecule has 3 nitrogen and oxygen atoms in total. The van der Waals surface area contributed by atoms with Crippen molar-refractivity contribution in [1.29, 1.82) is 0 Å². The van der Waals surface area contributed by atoms with Crippen LogP contribution >= 0.6 is 0 Å². The lowest BCUT2D eigenvalue weighted by molar-refractivity contribution is -0.138. The second kappa shape index (κ2) is 4.29. The average molecular weight is 212 g/mol. The topological polar surface area (TPSA) is 46.5 Å². The van der Waals surface area contributed by atoms with E-state index < -0.39 is 17.7 Å². The van der Waals surface area contributed by atoms with Crippen LogP contribution in [0.15, 0.2) is 12.1 Å². The smallest absolute Gasteiger partial charge is 0.310 e. The van der Waals surface area contributed by atoms with Crippen molar-refractivity contribution in [2.45, 2.75) is 19.8 Å². The highest BCUT2D eigenvalue weighted by Crippen LogP contribution is 2.29. The number of hydrogen-bond acceptors (Lipinski definition) is 2. The third kappa shape index (κ3) is 2.09. The number of aliphatic carboxylic acids is 1. The van der Waals surface area contributed by atoms with E-state index in [1.54, 1.807) is 6.92 Å². The van der Waals surface area contributed by atoms with Crippen LogP contribution in [0, 0.1) is 12.7 Å². The molecule has 82 valence electrons. The minimum atomic E-state index is -1.05. The quantitative estimate of drug-likeness (QED) is 0.836. The fourth-order valence-corrected chi connectivity index (χ4v) is 1.55. The third-order valence-electron chi connectivity index (χ3n) is 2.44. The summed E-state index contributed by atoms with van der Waals surface area (Å²) in [6, 6.07) is 2.71. The maximum atomic E-state index is 13.5. The Hall–Kier alpha value is -1.58. The molecular formula is C11H13FO3. The van der Waals surface area contributed by atoms with Crippen molar-refractivity contribution < 1.29 is 19.0 Å². The van der Waals surface area contributed by atoms with E-state index in [-0.39, 0.29) is 5.56 Å². The average Bonchev–Trinajstić information content (AvgIpc) is 2.17. The van der Waals surface area contributed by atoms with Crippen molar-refractivity contribution in [1.82, 2.24) is 0 Å². The Morgan fingerprint density at radius 3 is 2.60 bits per heavy atom. The Balaban J connectivity index is 3.32. The summed E-state index contributed by atoms with van der Waals surface area (Å²) in [7, 11) is 1.47. The van der Waals surface area contributed by atoms with Gasteiger partial charge in [0, 0.05) is 5.56 Å². The highest BCUT2D eigenvalue weighted by Gasteiger charge is 2.21. The highest BCUT2D eigenvalue weighted by atomic mass is 19.1. The normalized spacial score (nSPS) is 12.3. The van der Waals surface area contributed by atoms with Crippen LogP contribution in [-0.2, 0) is 4.79 Å². The van der Waals surface area contributed by atoms with E-state index in [0.717, 1.165) is 0 Å². The van der Waals surface area contributed by atoms with Crippen LogP contribution in [0.25, 0.3) is 0 Å². The molecule has 4 heteroatoms. The van der Waals surface area contributed by atoms with Gasteiger partial charge in [-0.2, -0.15) is 0 Å². The lowest BCUT2D eigenvalue weighted by Gasteiger charge is -2.14. The maximum absolute atomic E-state index is 13.5.